The lowest BCUT2D eigenvalue weighted by Crippen LogP contribution is -1.88. The second kappa shape index (κ2) is 5.06. The van der Waals surface area contributed by atoms with Crippen LogP contribution in [0.4, 0.5) is 0 Å². The number of aromatic nitrogens is 1. The maximum atomic E-state index is 10.6. The molecule has 2 rings (SSSR count). The number of aliphatic carboxylic acids is 1. The Balaban J connectivity index is 2.70. The molecule has 0 aliphatic rings. The lowest BCUT2D eigenvalue weighted by Gasteiger charge is -2.05. The molecule has 1 aromatic carbocycles. The van der Waals surface area contributed by atoms with E-state index in [1.54, 1.807) is 26.4 Å². The number of carboxylic acid groups (broad SMARTS) is 1. The Bertz CT molecular complexity index is 655. The van der Waals surface area contributed by atoms with Gasteiger partial charge in [0.25, 0.3) is 0 Å². The predicted octanol–water partition coefficient (Wildman–Crippen LogP) is 2.59. The van der Waals surface area contributed by atoms with Gasteiger partial charge in [0, 0.05) is 28.8 Å². The molecule has 0 aliphatic heterocycles. The van der Waals surface area contributed by atoms with E-state index in [1.807, 2.05) is 13.0 Å². The molecule has 19 heavy (non-hydrogen) atoms. The topological polar surface area (TPSA) is 71.5 Å². The number of H-pyrrole nitrogens is 1. The highest BCUT2D eigenvalue weighted by molar-refractivity contribution is 5.97. The van der Waals surface area contributed by atoms with Crippen LogP contribution in [0.3, 0.4) is 0 Å². The van der Waals surface area contributed by atoms with Crippen LogP contribution in [0.1, 0.15) is 11.3 Å². The summed E-state index contributed by atoms with van der Waals surface area (Å²) in [7, 11) is 3.16. The molecule has 0 radical (unpaired) electrons. The summed E-state index contributed by atoms with van der Waals surface area (Å²) in [6.07, 6.45) is 2.68. The van der Waals surface area contributed by atoms with Crippen molar-refractivity contribution < 1.29 is 19.4 Å². The highest BCUT2D eigenvalue weighted by atomic mass is 16.5. The SMILES string of the molecule is COc1cc(OC)c2[nH]c(C)c(/C=C/C(=O)O)c2c1. The number of nitrogens with one attached hydrogen (secondary N) is 1. The molecule has 0 unspecified atom stereocenters. The zero-order valence-electron chi connectivity index (χ0n) is 11.0. The number of aromatic amines is 1. The van der Waals surface area contributed by atoms with Crippen LogP contribution in [0.2, 0.25) is 0 Å². The van der Waals surface area contributed by atoms with Crippen molar-refractivity contribution in [2.24, 2.45) is 0 Å². The Morgan fingerprint density at radius 2 is 2.05 bits per heavy atom. The summed E-state index contributed by atoms with van der Waals surface area (Å²) in [5.41, 5.74) is 2.51. The van der Waals surface area contributed by atoms with E-state index in [0.717, 1.165) is 28.2 Å². The quantitative estimate of drug-likeness (QED) is 0.830. The van der Waals surface area contributed by atoms with E-state index >= 15 is 0 Å². The smallest absolute Gasteiger partial charge is 0.328 e. The van der Waals surface area contributed by atoms with Crippen LogP contribution in [-0.2, 0) is 4.79 Å². The summed E-state index contributed by atoms with van der Waals surface area (Å²) in [6.45, 7) is 1.88. The van der Waals surface area contributed by atoms with Gasteiger partial charge < -0.3 is 19.6 Å². The van der Waals surface area contributed by atoms with Gasteiger partial charge >= 0.3 is 5.97 Å². The van der Waals surface area contributed by atoms with Crippen molar-refractivity contribution in [2.45, 2.75) is 6.92 Å². The summed E-state index contributed by atoms with van der Waals surface area (Å²) < 4.78 is 10.5. The Kier molecular flexibility index (Phi) is 3.46. The lowest BCUT2D eigenvalue weighted by molar-refractivity contribution is -0.131. The van der Waals surface area contributed by atoms with Gasteiger partial charge in [0.05, 0.1) is 19.7 Å². The van der Waals surface area contributed by atoms with E-state index in [0.29, 0.717) is 11.5 Å². The number of hydrogen-bond donors (Lipinski definition) is 2. The number of fused-ring (bicyclic) bond motifs is 1. The van der Waals surface area contributed by atoms with E-state index in [9.17, 15) is 4.79 Å². The van der Waals surface area contributed by atoms with E-state index in [4.69, 9.17) is 14.6 Å². The molecule has 1 heterocycles. The molecular weight excluding hydrogens is 246 g/mol. The van der Waals surface area contributed by atoms with Gasteiger partial charge in [-0.3, -0.25) is 0 Å². The molecule has 0 aliphatic carbocycles. The number of carbonyl (C=O) groups is 1. The molecule has 0 fully saturated rings. The number of rotatable bonds is 4. The third-order valence-corrected chi connectivity index (χ3v) is 2.93. The Labute approximate surface area is 110 Å². The van der Waals surface area contributed by atoms with Crippen molar-refractivity contribution in [3.63, 3.8) is 0 Å². The van der Waals surface area contributed by atoms with Crippen LogP contribution in [0, 0.1) is 6.92 Å². The first-order chi connectivity index (χ1) is 9.06. The molecule has 2 N–H and O–H groups in total. The minimum atomic E-state index is -0.983. The number of carboxylic acids is 1. The van der Waals surface area contributed by atoms with E-state index in [2.05, 4.69) is 4.98 Å². The molecule has 1 aromatic heterocycles. The van der Waals surface area contributed by atoms with E-state index < -0.39 is 5.97 Å². The van der Waals surface area contributed by atoms with Crippen molar-refractivity contribution in [1.29, 1.82) is 0 Å². The number of ether oxygens (including phenoxy) is 2. The first-order valence-electron chi connectivity index (χ1n) is 5.72. The zero-order chi connectivity index (χ0) is 14.0. The van der Waals surface area contributed by atoms with Crippen molar-refractivity contribution >= 4 is 22.9 Å². The third-order valence-electron chi connectivity index (χ3n) is 2.93. The number of hydrogen-bond acceptors (Lipinski definition) is 3. The zero-order valence-corrected chi connectivity index (χ0v) is 11.0. The monoisotopic (exact) mass is 261 g/mol. The summed E-state index contributed by atoms with van der Waals surface area (Å²) >= 11 is 0. The first-order valence-corrected chi connectivity index (χ1v) is 5.72. The average Bonchev–Trinajstić information content (AvgIpc) is 2.70. The summed E-state index contributed by atoms with van der Waals surface area (Å²) in [5.74, 6) is 0.337. The molecule has 0 saturated heterocycles. The highest BCUT2D eigenvalue weighted by Crippen LogP contribution is 2.34. The van der Waals surface area contributed by atoms with Gasteiger partial charge in [-0.25, -0.2) is 4.79 Å². The fourth-order valence-corrected chi connectivity index (χ4v) is 2.04. The summed E-state index contributed by atoms with van der Waals surface area (Å²) in [6, 6.07) is 3.63. The van der Waals surface area contributed by atoms with Gasteiger partial charge in [-0.15, -0.1) is 0 Å². The van der Waals surface area contributed by atoms with Crippen molar-refractivity contribution in [1.82, 2.24) is 4.98 Å². The predicted molar refractivity (Wildman–Crippen MR) is 72.8 cm³/mol. The Morgan fingerprint density at radius 1 is 1.32 bits per heavy atom. The van der Waals surface area contributed by atoms with Crippen molar-refractivity contribution in [3.05, 3.63) is 29.5 Å². The van der Waals surface area contributed by atoms with Crippen LogP contribution in [-0.4, -0.2) is 30.3 Å². The van der Waals surface area contributed by atoms with Gasteiger partial charge in [0.1, 0.15) is 11.5 Å². The van der Waals surface area contributed by atoms with E-state index in [-0.39, 0.29) is 0 Å². The van der Waals surface area contributed by atoms with Crippen LogP contribution in [0.5, 0.6) is 11.5 Å². The van der Waals surface area contributed by atoms with Crippen LogP contribution in [0.25, 0.3) is 17.0 Å². The molecule has 0 amide bonds. The maximum absolute atomic E-state index is 10.6. The second-order valence-electron chi connectivity index (χ2n) is 4.09. The molecule has 0 atom stereocenters. The second-order valence-corrected chi connectivity index (χ2v) is 4.09. The standard InChI is InChI=1S/C14H15NO4/c1-8-10(4-5-13(16)17)11-6-9(18-2)7-12(19-3)14(11)15-8/h4-7,15H,1-3H3,(H,16,17)/b5-4+. The van der Waals surface area contributed by atoms with Gasteiger partial charge in [0.2, 0.25) is 0 Å². The van der Waals surface area contributed by atoms with Gasteiger partial charge in [-0.05, 0) is 19.1 Å². The number of methoxy groups -OCH3 is 2. The average molecular weight is 261 g/mol. The summed E-state index contributed by atoms with van der Waals surface area (Å²) in [4.78, 5) is 13.8. The molecule has 0 saturated carbocycles. The van der Waals surface area contributed by atoms with Crippen LogP contribution < -0.4 is 9.47 Å². The van der Waals surface area contributed by atoms with Crippen molar-refractivity contribution in [3.8, 4) is 11.5 Å². The Hall–Kier alpha value is -2.43. The van der Waals surface area contributed by atoms with Crippen LogP contribution >= 0.6 is 0 Å². The maximum Gasteiger partial charge on any atom is 0.328 e. The molecule has 100 valence electrons. The lowest BCUT2D eigenvalue weighted by atomic mass is 10.1. The van der Waals surface area contributed by atoms with Gasteiger partial charge in [-0.1, -0.05) is 0 Å². The molecule has 0 spiro atoms. The molecule has 5 heteroatoms. The van der Waals surface area contributed by atoms with Gasteiger partial charge in [0.15, 0.2) is 0 Å². The fraction of sp³-hybridized carbons (Fsp3) is 0.214. The number of aryl methyl sites for hydroxylation is 1. The Morgan fingerprint density at radius 3 is 2.63 bits per heavy atom. The third kappa shape index (κ3) is 2.40. The normalized spacial score (nSPS) is 11.1. The highest BCUT2D eigenvalue weighted by Gasteiger charge is 2.12. The van der Waals surface area contributed by atoms with Crippen LogP contribution in [0.15, 0.2) is 18.2 Å². The minimum absolute atomic E-state index is 0.660. The van der Waals surface area contributed by atoms with E-state index in [1.165, 1.54) is 0 Å². The molecule has 0 bridgehead atoms. The minimum Gasteiger partial charge on any atom is -0.497 e. The molecule has 2 aromatic rings. The summed E-state index contributed by atoms with van der Waals surface area (Å²) in [5, 5.41) is 9.60. The van der Waals surface area contributed by atoms with Crippen molar-refractivity contribution in [2.75, 3.05) is 14.2 Å². The first kappa shape index (κ1) is 13.0. The van der Waals surface area contributed by atoms with Gasteiger partial charge in [-0.2, -0.15) is 0 Å². The molecule has 5 nitrogen and oxygen atoms in total. The fourth-order valence-electron chi connectivity index (χ4n) is 2.04. The number of benzene rings is 1. The molecular formula is C14H15NO4. The largest absolute Gasteiger partial charge is 0.497 e.